The lowest BCUT2D eigenvalue weighted by Gasteiger charge is -2.26. The van der Waals surface area contributed by atoms with Crippen LogP contribution >= 0.6 is 0 Å². The monoisotopic (exact) mass is 449 g/mol. The second-order valence-corrected chi connectivity index (χ2v) is 8.31. The van der Waals surface area contributed by atoms with Crippen LogP contribution in [0.3, 0.4) is 0 Å². The van der Waals surface area contributed by atoms with E-state index in [9.17, 15) is 14.7 Å². The first-order valence-corrected chi connectivity index (χ1v) is 11.0. The van der Waals surface area contributed by atoms with Crippen LogP contribution in [-0.2, 0) is 9.59 Å². The minimum absolute atomic E-state index is 0.0520. The summed E-state index contributed by atoms with van der Waals surface area (Å²) >= 11 is 0. The van der Waals surface area contributed by atoms with Crippen LogP contribution in [0.2, 0.25) is 0 Å². The maximum Gasteiger partial charge on any atom is 0.300 e. The number of methoxy groups -OCH3 is 1. The van der Waals surface area contributed by atoms with Crippen LogP contribution < -0.4 is 9.64 Å². The van der Waals surface area contributed by atoms with Gasteiger partial charge in [-0.15, -0.1) is 0 Å². The molecule has 1 saturated heterocycles. The SMILES string of the molecule is COc1cccc(C2/C(=C(/O)c3cccc4ccccc34)C(=O)C(=O)N2c2cccc(C)c2)c1. The predicted molar refractivity (Wildman–Crippen MR) is 133 cm³/mol. The van der Waals surface area contributed by atoms with E-state index in [0.717, 1.165) is 16.3 Å². The molecule has 4 aromatic rings. The number of carbonyl (C=O) groups is 2. The Morgan fingerprint density at radius 3 is 2.41 bits per heavy atom. The number of nitrogens with zero attached hydrogens (tertiary/aromatic N) is 1. The van der Waals surface area contributed by atoms with E-state index in [4.69, 9.17) is 4.74 Å². The first-order valence-electron chi connectivity index (χ1n) is 11.0. The Kier molecular flexibility index (Phi) is 5.38. The number of hydrogen-bond donors (Lipinski definition) is 1. The van der Waals surface area contributed by atoms with E-state index >= 15 is 0 Å². The Bertz CT molecular complexity index is 1460. The molecule has 5 heteroatoms. The molecule has 5 nitrogen and oxygen atoms in total. The normalized spacial score (nSPS) is 17.4. The number of amides is 1. The van der Waals surface area contributed by atoms with Crippen molar-refractivity contribution in [2.24, 2.45) is 0 Å². The molecule has 4 aromatic carbocycles. The van der Waals surface area contributed by atoms with Crippen LogP contribution in [0.25, 0.3) is 16.5 Å². The average molecular weight is 450 g/mol. The van der Waals surface area contributed by atoms with E-state index in [1.54, 1.807) is 31.4 Å². The van der Waals surface area contributed by atoms with Crippen LogP contribution in [0, 0.1) is 6.92 Å². The lowest BCUT2D eigenvalue weighted by atomic mass is 9.93. The summed E-state index contributed by atoms with van der Waals surface area (Å²) in [6.45, 7) is 1.93. The standard InChI is InChI=1S/C29H23NO4/c1-18-8-5-12-21(16-18)30-26(20-11-6-13-22(17-20)34-2)25(28(32)29(30)33)27(31)24-15-7-10-19-9-3-4-14-23(19)24/h3-17,26,31H,1-2H3/b27-25-. The van der Waals surface area contributed by atoms with Crippen molar-refractivity contribution in [3.63, 3.8) is 0 Å². The summed E-state index contributed by atoms with van der Waals surface area (Å²) in [5, 5.41) is 13.3. The molecule has 0 aliphatic carbocycles. The summed E-state index contributed by atoms with van der Waals surface area (Å²) in [5.41, 5.74) is 2.77. The fraction of sp³-hybridized carbons (Fsp3) is 0.103. The summed E-state index contributed by atoms with van der Waals surface area (Å²) < 4.78 is 5.40. The number of ether oxygens (including phenoxy) is 1. The highest BCUT2D eigenvalue weighted by atomic mass is 16.5. The number of aryl methyl sites for hydroxylation is 1. The Hall–Kier alpha value is -4.38. The Morgan fingerprint density at radius 1 is 0.882 bits per heavy atom. The quantitative estimate of drug-likeness (QED) is 0.244. The summed E-state index contributed by atoms with van der Waals surface area (Å²) in [4.78, 5) is 28.2. The summed E-state index contributed by atoms with van der Waals surface area (Å²) in [6.07, 6.45) is 0. The van der Waals surface area contributed by atoms with Gasteiger partial charge in [0.15, 0.2) is 0 Å². The first-order chi connectivity index (χ1) is 16.5. The van der Waals surface area contributed by atoms with Crippen molar-refractivity contribution in [3.8, 4) is 5.75 Å². The van der Waals surface area contributed by atoms with E-state index in [1.165, 1.54) is 4.90 Å². The number of ketones is 1. The summed E-state index contributed by atoms with van der Waals surface area (Å²) in [6, 6.07) is 27.0. The Morgan fingerprint density at radius 2 is 1.62 bits per heavy atom. The number of Topliss-reactive ketones (excluding diaryl/α,β-unsaturated/α-hetero) is 1. The molecule has 1 aliphatic rings. The van der Waals surface area contributed by atoms with Crippen molar-refractivity contribution in [2.75, 3.05) is 12.0 Å². The van der Waals surface area contributed by atoms with Gasteiger partial charge in [0.2, 0.25) is 0 Å². The molecule has 0 radical (unpaired) electrons. The highest BCUT2D eigenvalue weighted by Crippen LogP contribution is 2.43. The van der Waals surface area contributed by atoms with Gasteiger partial charge in [0.05, 0.1) is 18.7 Å². The zero-order chi connectivity index (χ0) is 23.8. The lowest BCUT2D eigenvalue weighted by molar-refractivity contribution is -0.132. The van der Waals surface area contributed by atoms with Crippen LogP contribution in [0.4, 0.5) is 5.69 Å². The minimum Gasteiger partial charge on any atom is -0.507 e. The minimum atomic E-state index is -0.809. The van der Waals surface area contributed by atoms with Crippen LogP contribution in [0.15, 0.2) is 96.6 Å². The number of hydrogen-bond acceptors (Lipinski definition) is 4. The van der Waals surface area contributed by atoms with Gasteiger partial charge >= 0.3 is 0 Å². The van der Waals surface area contributed by atoms with Gasteiger partial charge in [-0.3, -0.25) is 14.5 Å². The molecular formula is C29H23NO4. The molecule has 0 aromatic heterocycles. The molecule has 1 fully saturated rings. The molecule has 0 spiro atoms. The number of fused-ring (bicyclic) bond motifs is 1. The molecule has 1 atom stereocenters. The van der Waals surface area contributed by atoms with Crippen molar-refractivity contribution in [3.05, 3.63) is 113 Å². The fourth-order valence-corrected chi connectivity index (χ4v) is 4.58. The van der Waals surface area contributed by atoms with Crippen LogP contribution in [0.1, 0.15) is 22.7 Å². The third-order valence-electron chi connectivity index (χ3n) is 6.18. The van der Waals surface area contributed by atoms with E-state index < -0.39 is 17.7 Å². The molecule has 0 bridgehead atoms. The van der Waals surface area contributed by atoms with Gasteiger partial charge in [-0.1, -0.05) is 66.7 Å². The van der Waals surface area contributed by atoms with Crippen LogP contribution in [-0.4, -0.2) is 23.9 Å². The number of aliphatic hydroxyl groups excluding tert-OH is 1. The highest BCUT2D eigenvalue weighted by Gasteiger charge is 2.47. The zero-order valence-corrected chi connectivity index (χ0v) is 18.9. The molecule has 5 rings (SSSR count). The fourth-order valence-electron chi connectivity index (χ4n) is 4.58. The van der Waals surface area contributed by atoms with E-state index in [1.807, 2.05) is 73.7 Å². The van der Waals surface area contributed by atoms with Gasteiger partial charge in [-0.25, -0.2) is 0 Å². The molecule has 0 saturated carbocycles. The molecule has 1 heterocycles. The Labute approximate surface area is 197 Å². The zero-order valence-electron chi connectivity index (χ0n) is 18.9. The lowest BCUT2D eigenvalue weighted by Crippen LogP contribution is -2.29. The van der Waals surface area contributed by atoms with Crippen molar-refractivity contribution < 1.29 is 19.4 Å². The second kappa shape index (κ2) is 8.52. The van der Waals surface area contributed by atoms with Gasteiger partial charge in [0, 0.05) is 11.3 Å². The van der Waals surface area contributed by atoms with Crippen molar-refractivity contribution in [1.29, 1.82) is 0 Å². The molecule has 1 amide bonds. The van der Waals surface area contributed by atoms with Gasteiger partial charge in [-0.05, 0) is 53.1 Å². The number of benzene rings is 4. The van der Waals surface area contributed by atoms with Gasteiger partial charge < -0.3 is 9.84 Å². The van der Waals surface area contributed by atoms with Gasteiger partial charge in [-0.2, -0.15) is 0 Å². The first kappa shape index (κ1) is 21.5. The molecule has 168 valence electrons. The van der Waals surface area contributed by atoms with E-state index in [-0.39, 0.29) is 11.3 Å². The van der Waals surface area contributed by atoms with Crippen LogP contribution in [0.5, 0.6) is 5.75 Å². The average Bonchev–Trinajstić information content (AvgIpc) is 3.13. The van der Waals surface area contributed by atoms with Gasteiger partial charge in [0.1, 0.15) is 11.5 Å². The third kappa shape index (κ3) is 3.52. The van der Waals surface area contributed by atoms with Crippen molar-refractivity contribution in [1.82, 2.24) is 0 Å². The molecule has 1 unspecified atom stereocenters. The number of anilines is 1. The van der Waals surface area contributed by atoms with Crippen molar-refractivity contribution >= 4 is 33.9 Å². The number of aliphatic hydroxyl groups is 1. The predicted octanol–water partition coefficient (Wildman–Crippen LogP) is 5.78. The molecule has 1 N–H and O–H groups in total. The van der Waals surface area contributed by atoms with E-state index in [2.05, 4.69) is 0 Å². The molecular weight excluding hydrogens is 426 g/mol. The number of rotatable bonds is 4. The van der Waals surface area contributed by atoms with Crippen molar-refractivity contribution in [2.45, 2.75) is 13.0 Å². The molecule has 1 aliphatic heterocycles. The van der Waals surface area contributed by atoms with E-state index in [0.29, 0.717) is 22.6 Å². The molecule has 34 heavy (non-hydrogen) atoms. The highest BCUT2D eigenvalue weighted by molar-refractivity contribution is 6.51. The summed E-state index contributed by atoms with van der Waals surface area (Å²) in [7, 11) is 1.56. The largest absolute Gasteiger partial charge is 0.507 e. The maximum absolute atomic E-state index is 13.4. The number of carbonyl (C=O) groups excluding carboxylic acids is 2. The smallest absolute Gasteiger partial charge is 0.300 e. The topological polar surface area (TPSA) is 66.8 Å². The summed E-state index contributed by atoms with van der Waals surface area (Å²) in [5.74, 6) is -1.00. The Balaban J connectivity index is 1.79. The maximum atomic E-state index is 13.4. The third-order valence-corrected chi connectivity index (χ3v) is 6.18. The second-order valence-electron chi connectivity index (χ2n) is 8.31. The van der Waals surface area contributed by atoms with Gasteiger partial charge in [0.25, 0.3) is 11.7 Å².